The molecule has 0 aliphatic carbocycles. The van der Waals surface area contributed by atoms with E-state index in [2.05, 4.69) is 5.32 Å². The zero-order valence-electron chi connectivity index (χ0n) is 8.84. The van der Waals surface area contributed by atoms with Crippen molar-refractivity contribution in [3.05, 3.63) is 0 Å². The number of nitrogens with one attached hydrogen (secondary N) is 1. The van der Waals surface area contributed by atoms with Crippen LogP contribution in [0.3, 0.4) is 0 Å². The van der Waals surface area contributed by atoms with Gasteiger partial charge < -0.3 is 15.5 Å². The fourth-order valence-electron chi connectivity index (χ4n) is 1.88. The first kappa shape index (κ1) is 12.3. The second-order valence-electron chi connectivity index (χ2n) is 3.71. The molecular weight excluding hydrogens is 216 g/mol. The predicted molar refractivity (Wildman–Crippen MR) is 53.0 cm³/mol. The molecule has 7 nitrogen and oxygen atoms in total. The van der Waals surface area contributed by atoms with Crippen molar-refractivity contribution in [2.75, 3.05) is 6.54 Å². The van der Waals surface area contributed by atoms with Gasteiger partial charge >= 0.3 is 12.1 Å². The van der Waals surface area contributed by atoms with E-state index in [0.29, 0.717) is 6.42 Å². The summed E-state index contributed by atoms with van der Waals surface area (Å²) < 4.78 is 0. The summed E-state index contributed by atoms with van der Waals surface area (Å²) in [7, 11) is 0. The summed E-state index contributed by atoms with van der Waals surface area (Å²) in [5.74, 6) is -1.41. The number of rotatable bonds is 3. The summed E-state index contributed by atoms with van der Waals surface area (Å²) in [6.07, 6.45) is -0.532. The molecule has 3 N–H and O–H groups in total. The van der Waals surface area contributed by atoms with Crippen molar-refractivity contribution in [3.8, 4) is 0 Å². The van der Waals surface area contributed by atoms with Crippen LogP contribution in [-0.4, -0.2) is 51.7 Å². The van der Waals surface area contributed by atoms with Gasteiger partial charge in [0.25, 0.3) is 0 Å². The summed E-state index contributed by atoms with van der Waals surface area (Å²) in [6.45, 7) is 1.49. The quantitative estimate of drug-likeness (QED) is 0.618. The Morgan fingerprint density at radius 2 is 1.94 bits per heavy atom. The average Bonchev–Trinajstić information content (AvgIpc) is 2.57. The van der Waals surface area contributed by atoms with E-state index in [4.69, 9.17) is 10.2 Å². The van der Waals surface area contributed by atoms with Crippen molar-refractivity contribution in [2.45, 2.75) is 31.8 Å². The van der Waals surface area contributed by atoms with Gasteiger partial charge in [-0.05, 0) is 12.8 Å². The van der Waals surface area contributed by atoms with Crippen molar-refractivity contribution in [1.29, 1.82) is 0 Å². The van der Waals surface area contributed by atoms with Gasteiger partial charge in [0.2, 0.25) is 5.91 Å². The molecule has 1 aliphatic heterocycles. The van der Waals surface area contributed by atoms with Crippen LogP contribution in [0, 0.1) is 0 Å². The highest BCUT2D eigenvalue weighted by atomic mass is 16.4. The van der Waals surface area contributed by atoms with Gasteiger partial charge in [-0.15, -0.1) is 0 Å². The van der Waals surface area contributed by atoms with E-state index in [0.717, 1.165) is 4.90 Å². The molecule has 90 valence electrons. The van der Waals surface area contributed by atoms with Gasteiger partial charge in [-0.1, -0.05) is 0 Å². The molecule has 0 aromatic heterocycles. The van der Waals surface area contributed by atoms with E-state index in [1.165, 1.54) is 6.92 Å². The second-order valence-corrected chi connectivity index (χ2v) is 3.71. The molecular formula is C9H14N2O5. The largest absolute Gasteiger partial charge is 0.480 e. The van der Waals surface area contributed by atoms with Crippen LogP contribution in [0.2, 0.25) is 0 Å². The third-order valence-corrected chi connectivity index (χ3v) is 2.60. The van der Waals surface area contributed by atoms with Crippen molar-refractivity contribution >= 4 is 18.0 Å². The van der Waals surface area contributed by atoms with Crippen LogP contribution in [0.1, 0.15) is 19.8 Å². The SMILES string of the molecule is CC(=O)NC[C@H]1CC[C@@H](C(=O)O)N1C(=O)O. The molecule has 7 heteroatoms. The lowest BCUT2D eigenvalue weighted by Crippen LogP contribution is -2.48. The van der Waals surface area contributed by atoms with E-state index < -0.39 is 24.1 Å². The van der Waals surface area contributed by atoms with Gasteiger partial charge in [0.1, 0.15) is 6.04 Å². The zero-order chi connectivity index (χ0) is 12.3. The second kappa shape index (κ2) is 4.82. The molecule has 16 heavy (non-hydrogen) atoms. The minimum absolute atomic E-state index is 0.158. The maximum atomic E-state index is 10.9. The molecule has 1 fully saturated rings. The molecule has 0 aromatic rings. The van der Waals surface area contributed by atoms with Crippen molar-refractivity contribution < 1.29 is 24.6 Å². The third-order valence-electron chi connectivity index (χ3n) is 2.60. The Kier molecular flexibility index (Phi) is 3.70. The molecule has 0 unspecified atom stereocenters. The van der Waals surface area contributed by atoms with Crippen molar-refractivity contribution in [3.63, 3.8) is 0 Å². The van der Waals surface area contributed by atoms with Gasteiger partial charge in [-0.3, -0.25) is 9.69 Å². The smallest absolute Gasteiger partial charge is 0.408 e. The van der Waals surface area contributed by atoms with E-state index in [9.17, 15) is 14.4 Å². The molecule has 1 rings (SSSR count). The molecule has 1 heterocycles. The number of likely N-dealkylation sites (tertiary alicyclic amines) is 1. The van der Waals surface area contributed by atoms with Crippen molar-refractivity contribution in [1.82, 2.24) is 10.2 Å². The highest BCUT2D eigenvalue weighted by Crippen LogP contribution is 2.24. The predicted octanol–water partition coefficient (Wildman–Crippen LogP) is -0.282. The topological polar surface area (TPSA) is 107 Å². The van der Waals surface area contributed by atoms with Gasteiger partial charge in [0.15, 0.2) is 0 Å². The Bertz CT molecular complexity index is 317. The lowest BCUT2D eigenvalue weighted by molar-refractivity contribution is -0.141. The minimum Gasteiger partial charge on any atom is -0.480 e. The Morgan fingerprint density at radius 3 is 2.38 bits per heavy atom. The number of carboxylic acid groups (broad SMARTS) is 2. The number of carboxylic acids is 1. The molecule has 1 aliphatic rings. The molecule has 1 saturated heterocycles. The number of carbonyl (C=O) groups excluding carboxylic acids is 1. The molecule has 2 amide bonds. The highest BCUT2D eigenvalue weighted by molar-refractivity contribution is 5.80. The summed E-state index contributed by atoms with van der Waals surface area (Å²) in [5.41, 5.74) is 0. The molecule has 0 saturated carbocycles. The van der Waals surface area contributed by atoms with Crippen LogP contribution < -0.4 is 5.32 Å². The molecule has 0 bridgehead atoms. The number of amides is 2. The fraction of sp³-hybridized carbons (Fsp3) is 0.667. The molecule has 0 aromatic carbocycles. The first-order chi connectivity index (χ1) is 7.43. The number of hydrogen-bond acceptors (Lipinski definition) is 3. The van der Waals surface area contributed by atoms with Crippen LogP contribution in [-0.2, 0) is 9.59 Å². The average molecular weight is 230 g/mol. The first-order valence-electron chi connectivity index (χ1n) is 4.92. The maximum absolute atomic E-state index is 10.9. The monoisotopic (exact) mass is 230 g/mol. The first-order valence-corrected chi connectivity index (χ1v) is 4.92. The standard InChI is InChI=1S/C9H14N2O5/c1-5(12)10-4-6-2-3-7(8(13)14)11(6)9(15)16/h6-7H,2-4H2,1H3,(H,10,12)(H,13,14)(H,15,16)/t6-,7+/m1/s1. The zero-order valence-corrected chi connectivity index (χ0v) is 8.84. The van der Waals surface area contributed by atoms with Gasteiger partial charge in [0, 0.05) is 13.5 Å². The van der Waals surface area contributed by atoms with Crippen LogP contribution in [0.5, 0.6) is 0 Å². The Balaban J connectivity index is 2.68. The van der Waals surface area contributed by atoms with Crippen LogP contribution in [0.4, 0.5) is 4.79 Å². The lowest BCUT2D eigenvalue weighted by Gasteiger charge is -2.25. The fourth-order valence-corrected chi connectivity index (χ4v) is 1.88. The number of hydrogen-bond donors (Lipinski definition) is 3. The summed E-state index contributed by atoms with van der Waals surface area (Å²) in [4.78, 5) is 33.3. The summed E-state index contributed by atoms with van der Waals surface area (Å²) in [5, 5.41) is 20.2. The Hall–Kier alpha value is -1.79. The van der Waals surface area contributed by atoms with Crippen molar-refractivity contribution in [2.24, 2.45) is 0 Å². The van der Waals surface area contributed by atoms with E-state index in [1.807, 2.05) is 0 Å². The molecule has 2 atom stereocenters. The minimum atomic E-state index is -1.26. The lowest BCUT2D eigenvalue weighted by atomic mass is 10.2. The number of aliphatic carboxylic acids is 1. The van der Waals surface area contributed by atoms with E-state index in [-0.39, 0.29) is 18.9 Å². The highest BCUT2D eigenvalue weighted by Gasteiger charge is 2.40. The summed E-state index contributed by atoms with van der Waals surface area (Å²) in [6, 6.07) is -1.46. The molecule has 0 radical (unpaired) electrons. The van der Waals surface area contributed by atoms with E-state index in [1.54, 1.807) is 0 Å². The van der Waals surface area contributed by atoms with Crippen LogP contribution in [0.25, 0.3) is 0 Å². The summed E-state index contributed by atoms with van der Waals surface area (Å²) >= 11 is 0. The third kappa shape index (κ3) is 2.62. The molecule has 0 spiro atoms. The van der Waals surface area contributed by atoms with E-state index >= 15 is 0 Å². The normalized spacial score (nSPS) is 24.2. The Labute approximate surface area is 92.0 Å². The Morgan fingerprint density at radius 1 is 1.31 bits per heavy atom. The maximum Gasteiger partial charge on any atom is 0.408 e. The number of nitrogens with zero attached hydrogens (tertiary/aromatic N) is 1. The van der Waals surface area contributed by atoms with Gasteiger partial charge in [-0.25, -0.2) is 9.59 Å². The van der Waals surface area contributed by atoms with Gasteiger partial charge in [-0.2, -0.15) is 0 Å². The van der Waals surface area contributed by atoms with Crippen LogP contribution >= 0.6 is 0 Å². The van der Waals surface area contributed by atoms with Crippen LogP contribution in [0.15, 0.2) is 0 Å². The number of carbonyl (C=O) groups is 3. The van der Waals surface area contributed by atoms with Gasteiger partial charge in [0.05, 0.1) is 6.04 Å².